The highest BCUT2D eigenvalue weighted by molar-refractivity contribution is 5.00. The van der Waals surface area contributed by atoms with Crippen LogP contribution in [0.5, 0.6) is 0 Å². The van der Waals surface area contributed by atoms with E-state index in [0.717, 1.165) is 19.4 Å². The molecule has 2 fully saturated rings. The Morgan fingerprint density at radius 2 is 1.96 bits per heavy atom. The van der Waals surface area contributed by atoms with Crippen LogP contribution >= 0.6 is 0 Å². The number of aliphatic hydroxyl groups is 1. The minimum Gasteiger partial charge on any atom is -0.389 e. The molecule has 8 heteroatoms. The molecule has 0 aromatic heterocycles. The quantitative estimate of drug-likeness (QED) is 0.383. The zero-order chi connectivity index (χ0) is 17.0. The fraction of sp³-hybridized carbons (Fsp3) is 1.00. The Morgan fingerprint density at radius 1 is 1.22 bits per heavy atom. The summed E-state index contributed by atoms with van der Waals surface area (Å²) < 4.78 is 17.4. The van der Waals surface area contributed by atoms with Gasteiger partial charge in [-0.25, -0.2) is 0 Å². The first-order valence-electron chi connectivity index (χ1n) is 8.36. The van der Waals surface area contributed by atoms with Gasteiger partial charge in [0.25, 0.3) is 0 Å². The molecule has 23 heavy (non-hydrogen) atoms. The van der Waals surface area contributed by atoms with Crippen LogP contribution in [0.15, 0.2) is 0 Å². The predicted molar refractivity (Wildman–Crippen MR) is 86.9 cm³/mol. The average molecular weight is 332 g/mol. The van der Waals surface area contributed by atoms with Crippen LogP contribution in [0.4, 0.5) is 0 Å². The van der Waals surface area contributed by atoms with E-state index in [2.05, 4.69) is 10.6 Å². The number of methoxy groups -OCH3 is 1. The molecule has 1 heterocycles. The SMILES string of the molecule is CNC[C@H]1CC[C@H](N)[C@H](O[C@H]2[C@H](O)[C@H](NC)[C@@H](OC)C[C@@H]2N)O1. The summed E-state index contributed by atoms with van der Waals surface area (Å²) in [5.41, 5.74) is 12.3. The van der Waals surface area contributed by atoms with E-state index in [0.29, 0.717) is 6.42 Å². The molecule has 8 atom stereocenters. The Balaban J connectivity index is 2.02. The maximum absolute atomic E-state index is 10.6. The highest BCUT2D eigenvalue weighted by atomic mass is 16.7. The summed E-state index contributed by atoms with van der Waals surface area (Å²) in [6.45, 7) is 0.747. The standard InChI is InChI=1S/C15H32N4O4/c1-18-7-8-4-5-9(16)15(22-8)23-14-10(17)6-11(21-3)12(19-2)13(14)20/h8-15,18-20H,4-7,16-17H2,1-3H3/t8-,9+,10+,11+,12-,13-,14-,15+/m1/s1. The summed E-state index contributed by atoms with van der Waals surface area (Å²) in [6.07, 6.45) is 0.362. The van der Waals surface area contributed by atoms with Gasteiger partial charge in [-0.2, -0.15) is 0 Å². The third kappa shape index (κ3) is 4.40. The van der Waals surface area contributed by atoms with Crippen LogP contribution in [0.25, 0.3) is 0 Å². The van der Waals surface area contributed by atoms with Crippen LogP contribution in [-0.2, 0) is 14.2 Å². The highest BCUT2D eigenvalue weighted by Gasteiger charge is 2.45. The van der Waals surface area contributed by atoms with Crippen molar-refractivity contribution >= 4 is 0 Å². The molecular weight excluding hydrogens is 300 g/mol. The zero-order valence-electron chi connectivity index (χ0n) is 14.3. The fourth-order valence-corrected chi connectivity index (χ4v) is 3.55. The van der Waals surface area contributed by atoms with Crippen LogP contribution in [0.3, 0.4) is 0 Å². The normalized spacial score (nSPS) is 45.1. The Kier molecular flexibility index (Phi) is 7.18. The largest absolute Gasteiger partial charge is 0.389 e. The summed E-state index contributed by atoms with van der Waals surface area (Å²) in [4.78, 5) is 0. The number of nitrogens with two attached hydrogens (primary N) is 2. The van der Waals surface area contributed by atoms with E-state index in [9.17, 15) is 5.11 Å². The Morgan fingerprint density at radius 3 is 2.57 bits per heavy atom. The minimum absolute atomic E-state index is 0.0635. The van der Waals surface area contributed by atoms with Gasteiger partial charge in [-0.1, -0.05) is 0 Å². The van der Waals surface area contributed by atoms with Gasteiger partial charge in [0.05, 0.1) is 30.4 Å². The molecule has 136 valence electrons. The zero-order valence-corrected chi connectivity index (χ0v) is 14.3. The third-order valence-electron chi connectivity index (χ3n) is 4.89. The van der Waals surface area contributed by atoms with E-state index < -0.39 is 18.5 Å². The van der Waals surface area contributed by atoms with E-state index in [4.69, 9.17) is 25.7 Å². The van der Waals surface area contributed by atoms with Crippen LogP contribution in [0.1, 0.15) is 19.3 Å². The van der Waals surface area contributed by atoms with Gasteiger partial charge in [0, 0.05) is 19.7 Å². The van der Waals surface area contributed by atoms with E-state index in [1.165, 1.54) is 0 Å². The van der Waals surface area contributed by atoms with E-state index in [-0.39, 0.29) is 30.3 Å². The van der Waals surface area contributed by atoms with Crippen molar-refractivity contribution in [3.8, 4) is 0 Å². The second kappa shape index (κ2) is 8.68. The molecule has 1 saturated carbocycles. The number of hydrogen-bond donors (Lipinski definition) is 5. The van der Waals surface area contributed by atoms with Crippen molar-refractivity contribution in [2.75, 3.05) is 27.7 Å². The number of likely N-dealkylation sites (N-methyl/N-ethyl adjacent to an activating group) is 2. The monoisotopic (exact) mass is 332 g/mol. The summed E-state index contributed by atoms with van der Waals surface area (Å²) >= 11 is 0. The second-order valence-corrected chi connectivity index (χ2v) is 6.50. The lowest BCUT2D eigenvalue weighted by atomic mass is 9.84. The molecule has 0 aromatic rings. The van der Waals surface area contributed by atoms with Crippen molar-refractivity contribution in [2.24, 2.45) is 11.5 Å². The molecule has 0 spiro atoms. The van der Waals surface area contributed by atoms with E-state index in [1.807, 2.05) is 7.05 Å². The molecule has 1 saturated heterocycles. The number of ether oxygens (including phenoxy) is 3. The number of rotatable bonds is 6. The number of nitrogens with one attached hydrogen (secondary N) is 2. The van der Waals surface area contributed by atoms with Crippen molar-refractivity contribution < 1.29 is 19.3 Å². The lowest BCUT2D eigenvalue weighted by Gasteiger charge is -2.45. The average Bonchev–Trinajstić information content (AvgIpc) is 2.53. The summed E-state index contributed by atoms with van der Waals surface area (Å²) in [6, 6.07) is -0.784. The molecular formula is C15H32N4O4. The van der Waals surface area contributed by atoms with Gasteiger partial charge in [0.15, 0.2) is 6.29 Å². The van der Waals surface area contributed by atoms with Crippen molar-refractivity contribution in [1.82, 2.24) is 10.6 Å². The maximum Gasteiger partial charge on any atom is 0.173 e. The number of aliphatic hydroxyl groups excluding tert-OH is 1. The molecule has 2 aliphatic rings. The van der Waals surface area contributed by atoms with E-state index >= 15 is 0 Å². The van der Waals surface area contributed by atoms with Crippen molar-refractivity contribution in [3.63, 3.8) is 0 Å². The molecule has 0 aromatic carbocycles. The van der Waals surface area contributed by atoms with Crippen LogP contribution in [0, 0.1) is 0 Å². The Hall–Kier alpha value is -0.320. The van der Waals surface area contributed by atoms with E-state index in [1.54, 1.807) is 14.2 Å². The van der Waals surface area contributed by atoms with Crippen LogP contribution < -0.4 is 22.1 Å². The van der Waals surface area contributed by atoms with Gasteiger partial charge in [-0.05, 0) is 33.4 Å². The predicted octanol–water partition coefficient (Wildman–Crippen LogP) is -1.88. The second-order valence-electron chi connectivity index (χ2n) is 6.50. The lowest BCUT2D eigenvalue weighted by molar-refractivity contribution is -0.250. The van der Waals surface area contributed by atoms with Gasteiger partial charge in [0.2, 0.25) is 0 Å². The molecule has 0 radical (unpaired) electrons. The fourth-order valence-electron chi connectivity index (χ4n) is 3.55. The molecule has 0 amide bonds. The summed E-state index contributed by atoms with van der Waals surface area (Å²) in [7, 11) is 5.30. The third-order valence-corrected chi connectivity index (χ3v) is 4.89. The molecule has 8 nitrogen and oxygen atoms in total. The first-order valence-corrected chi connectivity index (χ1v) is 8.36. The van der Waals surface area contributed by atoms with Gasteiger partial charge >= 0.3 is 0 Å². The molecule has 2 rings (SSSR count). The molecule has 1 aliphatic carbocycles. The van der Waals surface area contributed by atoms with Gasteiger partial charge in [0.1, 0.15) is 6.10 Å². The minimum atomic E-state index is -0.783. The number of hydrogen-bond acceptors (Lipinski definition) is 8. The van der Waals surface area contributed by atoms with Crippen LogP contribution in [-0.4, -0.2) is 81.7 Å². The van der Waals surface area contributed by atoms with Crippen LogP contribution in [0.2, 0.25) is 0 Å². The van der Waals surface area contributed by atoms with Gasteiger partial charge in [-0.3, -0.25) is 0 Å². The summed E-state index contributed by atoms with van der Waals surface area (Å²) in [5, 5.41) is 16.8. The van der Waals surface area contributed by atoms with Crippen molar-refractivity contribution in [2.45, 2.75) is 68.1 Å². The van der Waals surface area contributed by atoms with Crippen molar-refractivity contribution in [1.29, 1.82) is 0 Å². The maximum atomic E-state index is 10.6. The molecule has 0 unspecified atom stereocenters. The van der Waals surface area contributed by atoms with Crippen molar-refractivity contribution in [3.05, 3.63) is 0 Å². The smallest absolute Gasteiger partial charge is 0.173 e. The molecule has 1 aliphatic heterocycles. The summed E-state index contributed by atoms with van der Waals surface area (Å²) in [5.74, 6) is 0. The molecule has 7 N–H and O–H groups in total. The Bertz CT molecular complexity index is 362. The first-order chi connectivity index (χ1) is 11.0. The molecule has 0 bridgehead atoms. The van der Waals surface area contributed by atoms with Gasteiger partial charge < -0.3 is 41.4 Å². The lowest BCUT2D eigenvalue weighted by Crippen LogP contribution is -2.65. The topological polar surface area (TPSA) is 124 Å². The first kappa shape index (κ1) is 19.0. The Labute approximate surface area is 138 Å². The van der Waals surface area contributed by atoms with Gasteiger partial charge in [-0.15, -0.1) is 0 Å². The highest BCUT2D eigenvalue weighted by Crippen LogP contribution is 2.27.